The summed E-state index contributed by atoms with van der Waals surface area (Å²) in [7, 11) is 3.79. The van der Waals surface area contributed by atoms with E-state index in [0.717, 1.165) is 5.56 Å². The van der Waals surface area contributed by atoms with Gasteiger partial charge in [0.2, 0.25) is 15.9 Å². The van der Waals surface area contributed by atoms with Gasteiger partial charge in [0.1, 0.15) is 5.75 Å². The van der Waals surface area contributed by atoms with Crippen LogP contribution in [0, 0.1) is 0 Å². The molecule has 0 saturated carbocycles. The lowest BCUT2D eigenvalue weighted by Crippen LogP contribution is -2.48. The SMILES string of the molecule is COC(=O)CCCC(=O)N1CCN(c2cc(S(=O)(=O)N(C)CCc3ccc(OC)c(OC)c3)ccc2OC)CC1. The summed E-state index contributed by atoms with van der Waals surface area (Å²) in [6.07, 6.45) is 1.43. The van der Waals surface area contributed by atoms with Crippen molar-refractivity contribution >= 4 is 27.6 Å². The highest BCUT2D eigenvalue weighted by Gasteiger charge is 2.26. The van der Waals surface area contributed by atoms with Crippen molar-refractivity contribution in [2.45, 2.75) is 30.6 Å². The number of carbonyl (C=O) groups excluding carboxylic acids is 2. The van der Waals surface area contributed by atoms with Crippen LogP contribution >= 0.6 is 0 Å². The molecule has 12 heteroatoms. The number of carbonyl (C=O) groups is 2. The third kappa shape index (κ3) is 7.57. The number of benzene rings is 2. The first-order valence-corrected chi connectivity index (χ1v) is 14.5. The lowest BCUT2D eigenvalue weighted by Gasteiger charge is -2.37. The van der Waals surface area contributed by atoms with Gasteiger partial charge in [0.05, 0.1) is 39.0 Å². The number of esters is 1. The van der Waals surface area contributed by atoms with Crippen molar-refractivity contribution in [3.05, 3.63) is 42.0 Å². The molecule has 11 nitrogen and oxygen atoms in total. The van der Waals surface area contributed by atoms with Crippen molar-refractivity contribution < 1.29 is 37.0 Å². The molecule has 1 amide bonds. The lowest BCUT2D eigenvalue weighted by molar-refractivity contribution is -0.140. The molecule has 1 heterocycles. The van der Waals surface area contributed by atoms with Crippen molar-refractivity contribution in [1.82, 2.24) is 9.21 Å². The fraction of sp³-hybridized carbons (Fsp3) is 0.500. The van der Waals surface area contributed by atoms with Crippen LogP contribution in [0.25, 0.3) is 0 Å². The highest BCUT2D eigenvalue weighted by atomic mass is 32.2. The lowest BCUT2D eigenvalue weighted by atomic mass is 10.1. The van der Waals surface area contributed by atoms with Gasteiger partial charge in [-0.2, -0.15) is 0 Å². The molecule has 220 valence electrons. The number of piperazine rings is 1. The number of rotatable bonds is 13. The fourth-order valence-corrected chi connectivity index (χ4v) is 5.73. The van der Waals surface area contributed by atoms with Crippen molar-refractivity contribution in [1.29, 1.82) is 0 Å². The van der Waals surface area contributed by atoms with Gasteiger partial charge in [-0.3, -0.25) is 9.59 Å². The summed E-state index contributed by atoms with van der Waals surface area (Å²) in [5.74, 6) is 1.42. The average molecular weight is 578 g/mol. The Kier molecular flexibility index (Phi) is 11.0. The van der Waals surface area contributed by atoms with E-state index in [-0.39, 0.29) is 36.2 Å². The Hall–Kier alpha value is -3.51. The molecule has 3 rings (SSSR count). The Morgan fingerprint density at radius 2 is 1.50 bits per heavy atom. The van der Waals surface area contributed by atoms with Crippen LogP contribution in [0.5, 0.6) is 17.2 Å². The molecule has 0 atom stereocenters. The second-order valence-corrected chi connectivity index (χ2v) is 11.4. The van der Waals surface area contributed by atoms with E-state index >= 15 is 0 Å². The normalized spacial score (nSPS) is 13.8. The Morgan fingerprint density at radius 1 is 0.850 bits per heavy atom. The summed E-state index contributed by atoms with van der Waals surface area (Å²) in [4.78, 5) is 27.8. The molecule has 1 aliphatic rings. The van der Waals surface area contributed by atoms with E-state index in [0.29, 0.717) is 62.0 Å². The molecule has 1 aliphatic heterocycles. The minimum Gasteiger partial charge on any atom is -0.495 e. The monoisotopic (exact) mass is 577 g/mol. The topological polar surface area (TPSA) is 115 Å². The smallest absolute Gasteiger partial charge is 0.305 e. The van der Waals surface area contributed by atoms with E-state index in [1.165, 1.54) is 11.4 Å². The van der Waals surface area contributed by atoms with E-state index in [9.17, 15) is 18.0 Å². The van der Waals surface area contributed by atoms with Gasteiger partial charge in [0.25, 0.3) is 0 Å². The quantitative estimate of drug-likeness (QED) is 0.331. The molecule has 2 aromatic carbocycles. The van der Waals surface area contributed by atoms with E-state index in [4.69, 9.17) is 14.2 Å². The van der Waals surface area contributed by atoms with Gasteiger partial charge in [-0.1, -0.05) is 6.07 Å². The van der Waals surface area contributed by atoms with E-state index < -0.39 is 10.0 Å². The zero-order valence-corrected chi connectivity index (χ0v) is 24.7. The highest BCUT2D eigenvalue weighted by molar-refractivity contribution is 7.89. The minimum atomic E-state index is -3.77. The van der Waals surface area contributed by atoms with E-state index in [1.54, 1.807) is 57.5 Å². The maximum Gasteiger partial charge on any atom is 0.305 e. The zero-order valence-electron chi connectivity index (χ0n) is 23.8. The van der Waals surface area contributed by atoms with Crippen LogP contribution in [-0.2, 0) is 30.8 Å². The number of amides is 1. The Balaban J connectivity index is 1.66. The van der Waals surface area contributed by atoms with Gasteiger partial charge < -0.3 is 28.7 Å². The number of hydrogen-bond donors (Lipinski definition) is 0. The molecule has 40 heavy (non-hydrogen) atoms. The molecule has 0 aliphatic carbocycles. The first-order valence-electron chi connectivity index (χ1n) is 13.1. The second kappa shape index (κ2) is 14.2. The Labute approximate surface area is 236 Å². The Morgan fingerprint density at radius 3 is 2.12 bits per heavy atom. The number of hydrogen-bond acceptors (Lipinski definition) is 9. The predicted molar refractivity (Wildman–Crippen MR) is 151 cm³/mol. The maximum absolute atomic E-state index is 13.5. The third-order valence-corrected chi connectivity index (χ3v) is 8.85. The average Bonchev–Trinajstić information content (AvgIpc) is 2.98. The molecule has 0 N–H and O–H groups in total. The summed E-state index contributed by atoms with van der Waals surface area (Å²) in [5.41, 5.74) is 1.59. The predicted octanol–water partition coefficient (Wildman–Crippen LogP) is 2.57. The second-order valence-electron chi connectivity index (χ2n) is 9.40. The van der Waals surface area contributed by atoms with Crippen LogP contribution in [0.4, 0.5) is 5.69 Å². The molecule has 0 spiro atoms. The van der Waals surface area contributed by atoms with Crippen LogP contribution < -0.4 is 19.1 Å². The van der Waals surface area contributed by atoms with Crippen LogP contribution in [-0.4, -0.2) is 97.7 Å². The van der Waals surface area contributed by atoms with Gasteiger partial charge >= 0.3 is 5.97 Å². The number of ether oxygens (including phenoxy) is 4. The number of methoxy groups -OCH3 is 4. The van der Waals surface area contributed by atoms with Gasteiger partial charge in [-0.25, -0.2) is 12.7 Å². The molecule has 0 bridgehead atoms. The van der Waals surface area contributed by atoms with Crippen molar-refractivity contribution in [2.24, 2.45) is 0 Å². The first kappa shape index (κ1) is 31.0. The molecule has 0 radical (unpaired) electrons. The number of sulfonamides is 1. The number of nitrogens with zero attached hydrogens (tertiary/aromatic N) is 3. The van der Waals surface area contributed by atoms with Crippen LogP contribution in [0.15, 0.2) is 41.3 Å². The molecule has 0 unspecified atom stereocenters. The summed E-state index contributed by atoms with van der Waals surface area (Å²) in [5, 5.41) is 0. The molecule has 1 fully saturated rings. The molecular formula is C28H39N3O8S. The number of anilines is 1. The van der Waals surface area contributed by atoms with E-state index in [2.05, 4.69) is 4.74 Å². The van der Waals surface area contributed by atoms with Crippen molar-refractivity contribution in [3.8, 4) is 17.2 Å². The van der Waals surface area contributed by atoms with Gasteiger partial charge in [0.15, 0.2) is 11.5 Å². The highest BCUT2D eigenvalue weighted by Crippen LogP contribution is 2.33. The van der Waals surface area contributed by atoms with Crippen molar-refractivity contribution in [3.63, 3.8) is 0 Å². The van der Waals surface area contributed by atoms with Gasteiger partial charge in [-0.05, 0) is 48.7 Å². The summed E-state index contributed by atoms with van der Waals surface area (Å²) in [6, 6.07) is 10.4. The van der Waals surface area contributed by atoms with Gasteiger partial charge in [0, 0.05) is 52.6 Å². The van der Waals surface area contributed by atoms with Crippen LogP contribution in [0.2, 0.25) is 0 Å². The Bertz CT molecular complexity index is 1280. The molecule has 2 aromatic rings. The van der Waals surface area contributed by atoms with Crippen LogP contribution in [0.3, 0.4) is 0 Å². The van der Waals surface area contributed by atoms with Gasteiger partial charge in [-0.15, -0.1) is 0 Å². The standard InChI is InChI=1S/C28H39N3O8S/c1-29(14-13-21-9-11-25(37-3)26(19-21)38-4)40(34,35)22-10-12-24(36-2)23(20-22)30-15-17-31(18-16-30)27(32)7-6-8-28(33)39-5/h9-12,19-20H,6-8,13-18H2,1-5H3. The fourth-order valence-electron chi connectivity index (χ4n) is 4.54. The largest absolute Gasteiger partial charge is 0.495 e. The zero-order chi connectivity index (χ0) is 29.3. The third-order valence-electron chi connectivity index (χ3n) is 6.99. The number of likely N-dealkylation sites (N-methyl/N-ethyl adjacent to an activating group) is 1. The molecular weight excluding hydrogens is 538 g/mol. The molecule has 1 saturated heterocycles. The maximum atomic E-state index is 13.5. The minimum absolute atomic E-state index is 0.0112. The van der Waals surface area contributed by atoms with Crippen molar-refractivity contribution in [2.75, 3.05) is 73.1 Å². The molecule has 0 aromatic heterocycles. The van der Waals surface area contributed by atoms with E-state index in [1.807, 2.05) is 17.0 Å². The summed E-state index contributed by atoms with van der Waals surface area (Å²) >= 11 is 0. The first-order chi connectivity index (χ1) is 19.1. The van der Waals surface area contributed by atoms with Crippen LogP contribution in [0.1, 0.15) is 24.8 Å². The summed E-state index contributed by atoms with van der Waals surface area (Å²) < 4.78 is 49.0. The summed E-state index contributed by atoms with van der Waals surface area (Å²) in [6.45, 7) is 2.30.